The molecule has 25 heavy (non-hydrogen) atoms. The van der Waals surface area contributed by atoms with E-state index in [1.54, 1.807) is 0 Å². The Hall–Kier alpha value is -2.38. The molecule has 8 heteroatoms. The summed E-state index contributed by atoms with van der Waals surface area (Å²) in [5.41, 5.74) is 2.21. The molecule has 0 fully saturated rings. The van der Waals surface area contributed by atoms with Gasteiger partial charge in [0.15, 0.2) is 10.9 Å². The Kier molecular flexibility index (Phi) is 5.67. The molecule has 0 atom stereocenters. The molecule has 0 amide bonds. The Bertz CT molecular complexity index is 839. The third-order valence-electron chi connectivity index (χ3n) is 3.60. The summed E-state index contributed by atoms with van der Waals surface area (Å²) in [6.07, 6.45) is 5.74. The van der Waals surface area contributed by atoms with E-state index in [0.29, 0.717) is 24.0 Å². The second-order valence-corrected chi connectivity index (χ2v) is 6.38. The first-order valence-corrected chi connectivity index (χ1v) is 8.75. The largest absolute Gasteiger partial charge is 0.358 e. The fourth-order valence-corrected chi connectivity index (χ4v) is 2.61. The summed E-state index contributed by atoms with van der Waals surface area (Å²) in [5, 5.41) is 16.2. The van der Waals surface area contributed by atoms with Gasteiger partial charge in [0, 0.05) is 42.1 Å². The van der Waals surface area contributed by atoms with Gasteiger partial charge in [0.25, 0.3) is 0 Å². The van der Waals surface area contributed by atoms with E-state index in [9.17, 15) is 0 Å². The maximum absolute atomic E-state index is 5.90. The summed E-state index contributed by atoms with van der Waals surface area (Å²) in [7, 11) is 0. The molecule has 130 valence electrons. The number of hydrogen-bond acceptors (Lipinski definition) is 3. The minimum atomic E-state index is 0.529. The number of nitrogens with one attached hydrogen (secondary N) is 2. The van der Waals surface area contributed by atoms with Crippen molar-refractivity contribution >= 4 is 34.7 Å². The molecule has 0 aliphatic carbocycles. The highest BCUT2D eigenvalue weighted by Gasteiger charge is 2.04. The maximum atomic E-state index is 5.90. The van der Waals surface area contributed by atoms with E-state index in [2.05, 4.69) is 27.8 Å². The Labute approximate surface area is 156 Å². The Morgan fingerprint density at radius 2 is 1.96 bits per heavy atom. The summed E-state index contributed by atoms with van der Waals surface area (Å²) in [6, 6.07) is 9.61. The standard InChI is InChI=1S/C17H19ClN6S/c1-2-23-12-14(10-20-23)9-19-17(25)21-16-7-8-24(22-16)11-13-3-5-15(18)6-4-13/h3-8,10,12H,2,9,11H2,1H3,(H2,19,21,22,25). The average Bonchev–Trinajstić information content (AvgIpc) is 3.24. The molecular weight excluding hydrogens is 356 g/mol. The number of rotatable bonds is 6. The first-order valence-electron chi connectivity index (χ1n) is 7.96. The van der Waals surface area contributed by atoms with Crippen LogP contribution in [0.4, 0.5) is 5.82 Å². The van der Waals surface area contributed by atoms with Gasteiger partial charge in [-0.25, -0.2) is 0 Å². The van der Waals surface area contributed by atoms with E-state index in [1.165, 1.54) is 0 Å². The number of hydrogen-bond donors (Lipinski definition) is 2. The molecule has 0 unspecified atom stereocenters. The zero-order valence-corrected chi connectivity index (χ0v) is 15.4. The van der Waals surface area contributed by atoms with Crippen molar-refractivity contribution in [2.24, 2.45) is 0 Å². The van der Waals surface area contributed by atoms with Crippen LogP contribution in [0.5, 0.6) is 0 Å². The molecule has 0 aliphatic heterocycles. The van der Waals surface area contributed by atoms with Crippen LogP contribution in [0, 0.1) is 0 Å². The molecule has 0 saturated carbocycles. The topological polar surface area (TPSA) is 59.7 Å². The van der Waals surface area contributed by atoms with Gasteiger partial charge >= 0.3 is 0 Å². The quantitative estimate of drug-likeness (QED) is 0.648. The lowest BCUT2D eigenvalue weighted by Crippen LogP contribution is -2.28. The van der Waals surface area contributed by atoms with Crippen molar-refractivity contribution < 1.29 is 0 Å². The van der Waals surface area contributed by atoms with Crippen LogP contribution in [0.3, 0.4) is 0 Å². The first-order chi connectivity index (χ1) is 12.1. The first kappa shape index (κ1) is 17.4. The van der Waals surface area contributed by atoms with Gasteiger partial charge in [-0.2, -0.15) is 10.2 Å². The molecule has 6 nitrogen and oxygen atoms in total. The monoisotopic (exact) mass is 374 g/mol. The highest BCUT2D eigenvalue weighted by atomic mass is 35.5. The van der Waals surface area contributed by atoms with Crippen LogP contribution in [-0.4, -0.2) is 24.7 Å². The van der Waals surface area contributed by atoms with Crippen molar-refractivity contribution in [2.75, 3.05) is 5.32 Å². The summed E-state index contributed by atoms with van der Waals surface area (Å²) in [6.45, 7) is 4.21. The summed E-state index contributed by atoms with van der Waals surface area (Å²) in [4.78, 5) is 0. The second kappa shape index (κ2) is 8.13. The number of benzene rings is 1. The SMILES string of the molecule is CCn1cc(CNC(=S)Nc2ccn(Cc3ccc(Cl)cc3)n2)cn1. The molecule has 2 N–H and O–H groups in total. The van der Waals surface area contributed by atoms with Crippen molar-refractivity contribution in [3.05, 3.63) is 65.1 Å². The fraction of sp³-hybridized carbons (Fsp3) is 0.235. The highest BCUT2D eigenvalue weighted by Crippen LogP contribution is 2.11. The lowest BCUT2D eigenvalue weighted by atomic mass is 10.2. The summed E-state index contributed by atoms with van der Waals surface area (Å²) in [5.74, 6) is 0.704. The third kappa shape index (κ3) is 5.04. The second-order valence-electron chi connectivity index (χ2n) is 5.54. The molecule has 0 spiro atoms. The zero-order valence-electron chi connectivity index (χ0n) is 13.8. The Balaban J connectivity index is 1.50. The van der Waals surface area contributed by atoms with Crippen molar-refractivity contribution in [3.8, 4) is 0 Å². The Morgan fingerprint density at radius 3 is 2.68 bits per heavy atom. The summed E-state index contributed by atoms with van der Waals surface area (Å²) >= 11 is 11.2. The average molecular weight is 375 g/mol. The van der Waals surface area contributed by atoms with Crippen molar-refractivity contribution in [3.63, 3.8) is 0 Å². The van der Waals surface area contributed by atoms with Crippen LogP contribution in [-0.2, 0) is 19.6 Å². The van der Waals surface area contributed by atoms with Gasteiger partial charge in [-0.1, -0.05) is 23.7 Å². The van der Waals surface area contributed by atoms with Gasteiger partial charge in [-0.15, -0.1) is 0 Å². The lowest BCUT2D eigenvalue weighted by molar-refractivity contribution is 0.659. The molecule has 0 radical (unpaired) electrons. The van der Waals surface area contributed by atoms with Gasteiger partial charge in [0.05, 0.1) is 12.7 Å². The minimum Gasteiger partial charge on any atom is -0.358 e. The number of halogens is 1. The minimum absolute atomic E-state index is 0.529. The lowest BCUT2D eigenvalue weighted by Gasteiger charge is -2.07. The molecule has 1 aromatic carbocycles. The Morgan fingerprint density at radius 1 is 1.16 bits per heavy atom. The van der Waals surface area contributed by atoms with Gasteiger partial charge in [0.2, 0.25) is 0 Å². The van der Waals surface area contributed by atoms with Gasteiger partial charge in [-0.3, -0.25) is 9.36 Å². The molecule has 2 heterocycles. The maximum Gasteiger partial charge on any atom is 0.172 e. The van der Waals surface area contributed by atoms with E-state index in [-0.39, 0.29) is 0 Å². The molecule has 0 bridgehead atoms. The van der Waals surface area contributed by atoms with E-state index in [0.717, 1.165) is 22.7 Å². The number of nitrogens with zero attached hydrogens (tertiary/aromatic N) is 4. The van der Waals surface area contributed by atoms with E-state index < -0.39 is 0 Å². The molecule has 0 aliphatic rings. The predicted molar refractivity (Wildman–Crippen MR) is 104 cm³/mol. The van der Waals surface area contributed by atoms with Crippen LogP contribution in [0.15, 0.2) is 48.9 Å². The van der Waals surface area contributed by atoms with Crippen LogP contribution >= 0.6 is 23.8 Å². The normalized spacial score (nSPS) is 10.6. The van der Waals surface area contributed by atoms with Crippen LogP contribution in [0.1, 0.15) is 18.1 Å². The third-order valence-corrected chi connectivity index (χ3v) is 4.10. The number of aromatic nitrogens is 4. The van der Waals surface area contributed by atoms with Crippen molar-refractivity contribution in [1.29, 1.82) is 0 Å². The molecule has 2 aromatic heterocycles. The number of aryl methyl sites for hydroxylation is 1. The number of thiocarbonyl (C=S) groups is 1. The van der Waals surface area contributed by atoms with E-state index >= 15 is 0 Å². The van der Waals surface area contributed by atoms with Crippen molar-refractivity contribution in [2.45, 2.75) is 26.6 Å². The molecule has 3 rings (SSSR count). The van der Waals surface area contributed by atoms with Crippen LogP contribution in [0.2, 0.25) is 5.02 Å². The summed E-state index contributed by atoms with van der Waals surface area (Å²) < 4.78 is 3.73. The number of anilines is 1. The fourth-order valence-electron chi connectivity index (χ4n) is 2.31. The van der Waals surface area contributed by atoms with Crippen LogP contribution in [0.25, 0.3) is 0 Å². The van der Waals surface area contributed by atoms with Crippen molar-refractivity contribution in [1.82, 2.24) is 24.9 Å². The predicted octanol–water partition coefficient (Wildman–Crippen LogP) is 3.29. The molecule has 3 aromatic rings. The molecule has 0 saturated heterocycles. The van der Waals surface area contributed by atoms with Gasteiger partial charge in [-0.05, 0) is 36.8 Å². The van der Waals surface area contributed by atoms with E-state index in [1.807, 2.05) is 58.3 Å². The van der Waals surface area contributed by atoms with Gasteiger partial charge in [0.1, 0.15) is 0 Å². The van der Waals surface area contributed by atoms with E-state index in [4.69, 9.17) is 23.8 Å². The van der Waals surface area contributed by atoms with Crippen LogP contribution < -0.4 is 10.6 Å². The molecular formula is C17H19ClN6S. The zero-order chi connectivity index (χ0) is 17.6. The smallest absolute Gasteiger partial charge is 0.172 e. The van der Waals surface area contributed by atoms with Gasteiger partial charge < -0.3 is 10.6 Å². The highest BCUT2D eigenvalue weighted by molar-refractivity contribution is 7.80.